The molecule has 0 saturated heterocycles. The largest absolute Gasteiger partial charge is 0.481 e. The van der Waals surface area contributed by atoms with Crippen molar-refractivity contribution in [1.29, 1.82) is 0 Å². The Bertz CT molecular complexity index is 405. The number of methoxy groups -OCH3 is 2. The van der Waals surface area contributed by atoms with Gasteiger partial charge in [-0.05, 0) is 12.8 Å². The van der Waals surface area contributed by atoms with Gasteiger partial charge in [0, 0.05) is 27.3 Å². The zero-order valence-corrected chi connectivity index (χ0v) is 18.1. The molecule has 0 aliphatic heterocycles. The standard InChI is InChI=1S/C17H35NO7Si/c1-6-8-10-13(9-7-2)24-16(21)14(11-15(19)20)18-12-26-25-17(3,22-4)23-5/h13-14,18H,6-12,26H2,1-5H3,(H,19,20). The van der Waals surface area contributed by atoms with Crippen LogP contribution in [0.15, 0.2) is 0 Å². The Morgan fingerprint density at radius 1 is 1.15 bits per heavy atom. The van der Waals surface area contributed by atoms with Crippen LogP contribution in [-0.4, -0.2) is 65.3 Å². The fraction of sp³-hybridized carbons (Fsp3) is 0.882. The van der Waals surface area contributed by atoms with Crippen molar-refractivity contribution in [3.63, 3.8) is 0 Å². The molecule has 0 aromatic rings. The number of rotatable bonds is 16. The van der Waals surface area contributed by atoms with Gasteiger partial charge in [0.2, 0.25) is 0 Å². The van der Waals surface area contributed by atoms with Crippen molar-refractivity contribution in [3.8, 4) is 0 Å². The predicted octanol–water partition coefficient (Wildman–Crippen LogP) is 1.35. The van der Waals surface area contributed by atoms with Gasteiger partial charge >= 0.3 is 11.9 Å². The second-order valence-corrected chi connectivity index (χ2v) is 7.41. The van der Waals surface area contributed by atoms with E-state index < -0.39 is 33.7 Å². The Labute approximate surface area is 158 Å². The number of unbranched alkanes of at least 4 members (excludes halogenated alkanes) is 1. The van der Waals surface area contributed by atoms with E-state index in [0.29, 0.717) is 6.17 Å². The molecule has 0 bridgehead atoms. The van der Waals surface area contributed by atoms with Crippen LogP contribution < -0.4 is 5.32 Å². The Morgan fingerprint density at radius 3 is 2.31 bits per heavy atom. The maximum atomic E-state index is 12.4. The summed E-state index contributed by atoms with van der Waals surface area (Å²) in [5.74, 6) is -2.69. The van der Waals surface area contributed by atoms with E-state index in [1.807, 2.05) is 6.92 Å². The van der Waals surface area contributed by atoms with Crippen molar-refractivity contribution >= 4 is 21.7 Å². The Balaban J connectivity index is 4.60. The predicted molar refractivity (Wildman–Crippen MR) is 100 cm³/mol. The maximum absolute atomic E-state index is 12.4. The van der Waals surface area contributed by atoms with E-state index in [4.69, 9.17) is 23.7 Å². The average molecular weight is 394 g/mol. The van der Waals surface area contributed by atoms with Crippen LogP contribution >= 0.6 is 0 Å². The van der Waals surface area contributed by atoms with Gasteiger partial charge in [0.15, 0.2) is 9.76 Å². The second kappa shape index (κ2) is 14.1. The minimum Gasteiger partial charge on any atom is -0.481 e. The Hall–Kier alpha value is -1.00. The minimum atomic E-state index is -1.14. The number of carboxylic acids is 1. The van der Waals surface area contributed by atoms with Crippen LogP contribution in [0.25, 0.3) is 0 Å². The lowest BCUT2D eigenvalue weighted by Gasteiger charge is -2.27. The first-order valence-electron chi connectivity index (χ1n) is 9.21. The van der Waals surface area contributed by atoms with Crippen molar-refractivity contribution in [2.45, 2.75) is 77.4 Å². The van der Waals surface area contributed by atoms with E-state index in [0.717, 1.165) is 32.1 Å². The molecule has 2 atom stereocenters. The molecule has 2 unspecified atom stereocenters. The van der Waals surface area contributed by atoms with Crippen LogP contribution in [0.5, 0.6) is 0 Å². The number of carbonyl (C=O) groups is 2. The van der Waals surface area contributed by atoms with Gasteiger partial charge < -0.3 is 29.1 Å². The summed E-state index contributed by atoms with van der Waals surface area (Å²) in [5, 5.41) is 12.0. The molecule has 154 valence electrons. The number of hydrogen-bond acceptors (Lipinski definition) is 7. The van der Waals surface area contributed by atoms with E-state index >= 15 is 0 Å². The van der Waals surface area contributed by atoms with Crippen molar-refractivity contribution < 1.29 is 33.3 Å². The van der Waals surface area contributed by atoms with E-state index in [-0.39, 0.29) is 12.5 Å². The van der Waals surface area contributed by atoms with Gasteiger partial charge in [0.25, 0.3) is 5.97 Å². The molecule has 8 nitrogen and oxygen atoms in total. The van der Waals surface area contributed by atoms with Crippen LogP contribution in [-0.2, 0) is 28.2 Å². The SMILES string of the molecule is CCCCC(CCC)OC(=O)C(CC(=O)O)NC[SiH2]OC(C)(OC)OC. The molecule has 0 heterocycles. The number of aliphatic carboxylic acids is 1. The van der Waals surface area contributed by atoms with E-state index in [9.17, 15) is 9.59 Å². The Morgan fingerprint density at radius 2 is 1.81 bits per heavy atom. The van der Waals surface area contributed by atoms with Gasteiger partial charge in [-0.15, -0.1) is 0 Å². The Kier molecular flexibility index (Phi) is 13.6. The number of esters is 1. The van der Waals surface area contributed by atoms with Crippen LogP contribution in [0.2, 0.25) is 0 Å². The van der Waals surface area contributed by atoms with Crippen LogP contribution in [0.4, 0.5) is 0 Å². The van der Waals surface area contributed by atoms with Crippen molar-refractivity contribution in [2.24, 2.45) is 0 Å². The van der Waals surface area contributed by atoms with Crippen LogP contribution in [0.3, 0.4) is 0 Å². The number of nitrogens with one attached hydrogen (secondary N) is 1. The van der Waals surface area contributed by atoms with E-state index in [1.54, 1.807) is 6.92 Å². The van der Waals surface area contributed by atoms with Crippen molar-refractivity contribution in [3.05, 3.63) is 0 Å². The van der Waals surface area contributed by atoms with Gasteiger partial charge in [-0.2, -0.15) is 0 Å². The molecule has 2 N–H and O–H groups in total. The molecule has 9 heteroatoms. The lowest BCUT2D eigenvalue weighted by Crippen LogP contribution is -2.45. The highest BCUT2D eigenvalue weighted by Crippen LogP contribution is 2.13. The minimum absolute atomic E-state index is 0.163. The first kappa shape index (κ1) is 25.0. The number of carbonyl (C=O) groups excluding carboxylic acids is 1. The summed E-state index contributed by atoms with van der Waals surface area (Å²) in [5.41, 5.74) is 0. The van der Waals surface area contributed by atoms with Crippen LogP contribution in [0, 0.1) is 0 Å². The van der Waals surface area contributed by atoms with Crippen LogP contribution in [0.1, 0.15) is 59.3 Å². The number of ether oxygens (including phenoxy) is 3. The van der Waals surface area contributed by atoms with Gasteiger partial charge in [0.1, 0.15) is 12.1 Å². The van der Waals surface area contributed by atoms with Gasteiger partial charge in [0.05, 0.1) is 6.42 Å². The molecule has 0 amide bonds. The molecule has 0 aromatic heterocycles. The highest BCUT2D eigenvalue weighted by molar-refractivity contribution is 6.27. The third-order valence-electron chi connectivity index (χ3n) is 4.04. The zero-order valence-electron chi connectivity index (χ0n) is 16.7. The highest BCUT2D eigenvalue weighted by Gasteiger charge is 2.27. The zero-order chi connectivity index (χ0) is 20.0. The fourth-order valence-electron chi connectivity index (χ4n) is 2.35. The molecule has 0 fully saturated rings. The third kappa shape index (κ3) is 10.9. The molecule has 0 spiro atoms. The molecule has 0 aliphatic carbocycles. The number of hydrogen-bond donors (Lipinski definition) is 2. The average Bonchev–Trinajstić information content (AvgIpc) is 2.61. The monoisotopic (exact) mass is 393 g/mol. The topological polar surface area (TPSA) is 103 Å². The van der Waals surface area contributed by atoms with E-state index in [2.05, 4.69) is 12.2 Å². The highest BCUT2D eigenvalue weighted by atomic mass is 28.2. The fourth-order valence-corrected chi connectivity index (χ4v) is 3.52. The summed E-state index contributed by atoms with van der Waals surface area (Å²) < 4.78 is 21.3. The molecular weight excluding hydrogens is 358 g/mol. The summed E-state index contributed by atoms with van der Waals surface area (Å²) in [6.45, 7) is 5.76. The molecule has 0 aliphatic rings. The molecule has 0 rings (SSSR count). The first-order valence-corrected chi connectivity index (χ1v) is 10.8. The van der Waals surface area contributed by atoms with E-state index in [1.165, 1.54) is 14.2 Å². The lowest BCUT2D eigenvalue weighted by atomic mass is 10.1. The summed E-state index contributed by atoms with van der Waals surface area (Å²) in [6, 6.07) is -0.888. The van der Waals surface area contributed by atoms with Crippen molar-refractivity contribution in [2.75, 3.05) is 20.4 Å². The second-order valence-electron chi connectivity index (χ2n) is 6.21. The molecule has 0 radical (unpaired) electrons. The molecule has 26 heavy (non-hydrogen) atoms. The summed E-state index contributed by atoms with van der Waals surface area (Å²) in [6.07, 6.45) is 4.39. The smallest absolute Gasteiger partial charge is 0.324 e. The first-order chi connectivity index (χ1) is 12.3. The summed E-state index contributed by atoms with van der Waals surface area (Å²) in [4.78, 5) is 23.5. The quantitative estimate of drug-likeness (QED) is 0.175. The number of carboxylic acid groups (broad SMARTS) is 1. The van der Waals surface area contributed by atoms with Gasteiger partial charge in [-0.1, -0.05) is 33.1 Å². The molecular formula is C17H35NO7Si. The third-order valence-corrected chi connectivity index (χ3v) is 5.26. The lowest BCUT2D eigenvalue weighted by molar-refractivity contribution is -0.310. The molecule has 0 aromatic carbocycles. The summed E-state index contributed by atoms with van der Waals surface area (Å²) in [7, 11) is 1.81. The molecule has 0 saturated carbocycles. The normalized spacial score (nSPS) is 14.5. The summed E-state index contributed by atoms with van der Waals surface area (Å²) >= 11 is 0. The van der Waals surface area contributed by atoms with Gasteiger partial charge in [-0.25, -0.2) is 0 Å². The van der Waals surface area contributed by atoms with Gasteiger partial charge in [-0.3, -0.25) is 9.59 Å². The maximum Gasteiger partial charge on any atom is 0.324 e. The van der Waals surface area contributed by atoms with Crippen molar-refractivity contribution in [1.82, 2.24) is 5.32 Å².